The number of carbonyl (C=O) groups is 2. The van der Waals surface area contributed by atoms with Crippen LogP contribution >= 0.6 is 27.3 Å². The molecular weight excluding hydrogens is 340 g/mol. The maximum atomic E-state index is 12.5. The van der Waals surface area contributed by atoms with Crippen LogP contribution in [0, 0.1) is 5.92 Å². The maximum Gasteiger partial charge on any atom is 0.246 e. The van der Waals surface area contributed by atoms with Gasteiger partial charge in [-0.25, -0.2) is 0 Å². The van der Waals surface area contributed by atoms with Gasteiger partial charge in [-0.3, -0.25) is 9.59 Å². The molecular formula is C14H17BrN2O2S. The predicted molar refractivity (Wildman–Crippen MR) is 81.6 cm³/mol. The number of piperazine rings is 1. The predicted octanol–water partition coefficient (Wildman–Crippen LogP) is 2.18. The maximum absolute atomic E-state index is 12.5. The molecule has 0 radical (unpaired) electrons. The highest BCUT2D eigenvalue weighted by Gasteiger charge is 2.45. The van der Waals surface area contributed by atoms with Crippen LogP contribution < -0.4 is 5.32 Å². The monoisotopic (exact) mass is 356 g/mol. The van der Waals surface area contributed by atoms with E-state index in [1.54, 1.807) is 23.2 Å². The Labute approximate surface area is 130 Å². The summed E-state index contributed by atoms with van der Waals surface area (Å²) in [6, 6.07) is 3.43. The first-order valence-electron chi connectivity index (χ1n) is 6.91. The number of halogens is 1. The van der Waals surface area contributed by atoms with Gasteiger partial charge in [0.1, 0.15) is 12.1 Å². The van der Waals surface area contributed by atoms with Crippen molar-refractivity contribution in [1.29, 1.82) is 0 Å². The smallest absolute Gasteiger partial charge is 0.246 e. The Balaban J connectivity index is 1.68. The van der Waals surface area contributed by atoms with Gasteiger partial charge in [-0.15, -0.1) is 11.3 Å². The molecule has 2 fully saturated rings. The van der Waals surface area contributed by atoms with E-state index >= 15 is 0 Å². The second-order valence-corrected chi connectivity index (χ2v) is 8.03. The summed E-state index contributed by atoms with van der Waals surface area (Å²) in [4.78, 5) is 27.5. The summed E-state index contributed by atoms with van der Waals surface area (Å²) < 4.78 is 1.10. The van der Waals surface area contributed by atoms with E-state index in [2.05, 4.69) is 27.3 Å². The Morgan fingerprint density at radius 1 is 1.40 bits per heavy atom. The number of hydrogen-bond donors (Lipinski definition) is 1. The summed E-state index contributed by atoms with van der Waals surface area (Å²) in [5, 5.41) is 2.88. The number of amides is 2. The van der Waals surface area contributed by atoms with Gasteiger partial charge in [-0.05, 0) is 60.2 Å². The number of carbonyl (C=O) groups excluding carboxylic acids is 2. The average Bonchev–Trinajstić information content (AvgIpc) is 3.17. The SMILES string of the molecule is CC1C(=O)NC(C2CC2)C(=O)N1CCc1ccc(Br)s1. The third kappa shape index (κ3) is 2.76. The lowest BCUT2D eigenvalue weighted by Gasteiger charge is -2.37. The van der Waals surface area contributed by atoms with Crippen molar-refractivity contribution in [2.75, 3.05) is 6.54 Å². The van der Waals surface area contributed by atoms with Crippen molar-refractivity contribution in [2.45, 2.75) is 38.3 Å². The zero-order valence-electron chi connectivity index (χ0n) is 11.3. The third-order valence-electron chi connectivity index (χ3n) is 4.02. The standard InChI is InChI=1S/C14H17BrN2O2S/c1-8-13(18)16-12(9-2-3-9)14(19)17(8)7-6-10-4-5-11(15)20-10/h4-5,8-9,12H,2-3,6-7H2,1H3,(H,16,18). The van der Waals surface area contributed by atoms with Gasteiger partial charge in [0.15, 0.2) is 0 Å². The fourth-order valence-corrected chi connectivity index (χ4v) is 4.09. The normalized spacial score (nSPS) is 26.8. The van der Waals surface area contributed by atoms with Crippen LogP contribution in [-0.4, -0.2) is 35.3 Å². The molecule has 1 aromatic rings. The summed E-state index contributed by atoms with van der Waals surface area (Å²) in [5.74, 6) is 0.432. The Morgan fingerprint density at radius 2 is 2.15 bits per heavy atom. The van der Waals surface area contributed by atoms with Crippen LogP contribution in [0.2, 0.25) is 0 Å². The molecule has 2 amide bonds. The molecule has 0 aromatic carbocycles. The highest BCUT2D eigenvalue weighted by Crippen LogP contribution is 2.35. The molecule has 1 saturated carbocycles. The summed E-state index contributed by atoms with van der Waals surface area (Å²) in [5.41, 5.74) is 0. The number of hydrogen-bond acceptors (Lipinski definition) is 3. The molecule has 1 aliphatic carbocycles. The van der Waals surface area contributed by atoms with Crippen LogP contribution in [-0.2, 0) is 16.0 Å². The Kier molecular flexibility index (Phi) is 3.86. The molecule has 2 heterocycles. The van der Waals surface area contributed by atoms with Crippen molar-refractivity contribution in [3.8, 4) is 0 Å². The highest BCUT2D eigenvalue weighted by atomic mass is 79.9. The minimum Gasteiger partial charge on any atom is -0.342 e. The number of nitrogens with one attached hydrogen (secondary N) is 1. The van der Waals surface area contributed by atoms with Gasteiger partial charge in [0.05, 0.1) is 3.79 Å². The van der Waals surface area contributed by atoms with E-state index in [-0.39, 0.29) is 23.9 Å². The van der Waals surface area contributed by atoms with Crippen molar-refractivity contribution < 1.29 is 9.59 Å². The van der Waals surface area contributed by atoms with Gasteiger partial charge in [0.2, 0.25) is 11.8 Å². The summed E-state index contributed by atoms with van der Waals surface area (Å²) in [6.07, 6.45) is 2.91. The number of thiophene rings is 1. The quantitative estimate of drug-likeness (QED) is 0.898. The van der Waals surface area contributed by atoms with Crippen LogP contribution in [0.1, 0.15) is 24.6 Å². The van der Waals surface area contributed by atoms with E-state index in [0.717, 1.165) is 23.0 Å². The molecule has 108 valence electrons. The second-order valence-electron chi connectivity index (χ2n) is 5.49. The second kappa shape index (κ2) is 5.48. The molecule has 1 N–H and O–H groups in total. The van der Waals surface area contributed by atoms with E-state index in [4.69, 9.17) is 0 Å². The van der Waals surface area contributed by atoms with Crippen molar-refractivity contribution in [3.05, 3.63) is 20.8 Å². The first-order valence-corrected chi connectivity index (χ1v) is 8.52. The lowest BCUT2D eigenvalue weighted by molar-refractivity contribution is -0.149. The first-order chi connectivity index (χ1) is 9.56. The number of nitrogens with zero attached hydrogens (tertiary/aromatic N) is 1. The topological polar surface area (TPSA) is 49.4 Å². The van der Waals surface area contributed by atoms with Gasteiger partial charge in [-0.2, -0.15) is 0 Å². The van der Waals surface area contributed by atoms with Crippen LogP contribution in [0.15, 0.2) is 15.9 Å². The van der Waals surface area contributed by atoms with Gasteiger partial charge in [-0.1, -0.05) is 0 Å². The van der Waals surface area contributed by atoms with E-state index < -0.39 is 0 Å². The van der Waals surface area contributed by atoms with Crippen molar-refractivity contribution in [3.63, 3.8) is 0 Å². The first kappa shape index (κ1) is 14.1. The molecule has 0 bridgehead atoms. The molecule has 2 aliphatic rings. The summed E-state index contributed by atoms with van der Waals surface area (Å²) >= 11 is 5.12. The van der Waals surface area contributed by atoms with Gasteiger partial charge < -0.3 is 10.2 Å². The zero-order chi connectivity index (χ0) is 14.3. The van der Waals surface area contributed by atoms with E-state index in [0.29, 0.717) is 12.5 Å². The molecule has 6 heteroatoms. The minimum atomic E-state index is -0.360. The third-order valence-corrected chi connectivity index (χ3v) is 5.70. The van der Waals surface area contributed by atoms with E-state index in [1.807, 2.05) is 6.07 Å². The largest absolute Gasteiger partial charge is 0.342 e. The van der Waals surface area contributed by atoms with E-state index in [1.165, 1.54) is 4.88 Å². The Bertz CT molecular complexity index is 541. The molecule has 2 atom stereocenters. The zero-order valence-corrected chi connectivity index (χ0v) is 13.7. The van der Waals surface area contributed by atoms with Crippen molar-refractivity contribution >= 4 is 39.1 Å². The van der Waals surface area contributed by atoms with Crippen molar-refractivity contribution in [1.82, 2.24) is 10.2 Å². The van der Waals surface area contributed by atoms with Gasteiger partial charge in [0, 0.05) is 11.4 Å². The van der Waals surface area contributed by atoms with Gasteiger partial charge >= 0.3 is 0 Å². The van der Waals surface area contributed by atoms with Gasteiger partial charge in [0.25, 0.3) is 0 Å². The number of rotatable bonds is 4. The van der Waals surface area contributed by atoms with Crippen LogP contribution in [0.3, 0.4) is 0 Å². The highest BCUT2D eigenvalue weighted by molar-refractivity contribution is 9.11. The van der Waals surface area contributed by atoms with E-state index in [9.17, 15) is 9.59 Å². The molecule has 1 saturated heterocycles. The molecule has 4 nitrogen and oxygen atoms in total. The lowest BCUT2D eigenvalue weighted by Crippen LogP contribution is -2.63. The summed E-state index contributed by atoms with van der Waals surface area (Å²) in [7, 11) is 0. The molecule has 20 heavy (non-hydrogen) atoms. The molecule has 2 unspecified atom stereocenters. The lowest BCUT2D eigenvalue weighted by atomic mass is 10.0. The van der Waals surface area contributed by atoms with Crippen molar-refractivity contribution in [2.24, 2.45) is 5.92 Å². The fraction of sp³-hybridized carbons (Fsp3) is 0.571. The molecule has 0 spiro atoms. The molecule has 1 aliphatic heterocycles. The minimum absolute atomic E-state index is 0.0196. The van der Waals surface area contributed by atoms with Crippen LogP contribution in [0.25, 0.3) is 0 Å². The Morgan fingerprint density at radius 3 is 2.75 bits per heavy atom. The summed E-state index contributed by atoms with van der Waals surface area (Å²) in [6.45, 7) is 2.42. The Hall–Kier alpha value is -0.880. The van der Waals surface area contributed by atoms with Crippen LogP contribution in [0.4, 0.5) is 0 Å². The molecule has 1 aromatic heterocycles. The fourth-order valence-electron chi connectivity index (χ4n) is 2.62. The molecule has 3 rings (SSSR count). The average molecular weight is 357 g/mol. The van der Waals surface area contributed by atoms with Crippen LogP contribution in [0.5, 0.6) is 0 Å².